The van der Waals surface area contributed by atoms with E-state index in [1.165, 1.54) is 0 Å². The first-order valence-corrected chi connectivity index (χ1v) is 11.2. The molecule has 1 N–H and O–H groups in total. The Balaban J connectivity index is 1.41. The average molecular weight is 430 g/mol. The Bertz CT molecular complexity index is 850. The Morgan fingerprint density at radius 3 is 2.48 bits per heavy atom. The van der Waals surface area contributed by atoms with E-state index in [4.69, 9.17) is 9.47 Å². The highest BCUT2D eigenvalue weighted by molar-refractivity contribution is 6.01. The Morgan fingerprint density at radius 2 is 1.77 bits per heavy atom. The van der Waals surface area contributed by atoms with E-state index in [-0.39, 0.29) is 36.6 Å². The van der Waals surface area contributed by atoms with Crippen molar-refractivity contribution in [3.63, 3.8) is 0 Å². The van der Waals surface area contributed by atoms with Gasteiger partial charge in [-0.15, -0.1) is 0 Å². The summed E-state index contributed by atoms with van der Waals surface area (Å²) in [4.78, 5) is 42.1. The van der Waals surface area contributed by atoms with Gasteiger partial charge in [-0.2, -0.15) is 0 Å². The van der Waals surface area contributed by atoms with Gasteiger partial charge < -0.3 is 24.6 Å². The number of fused-ring (bicyclic) bond motifs is 1. The van der Waals surface area contributed by atoms with E-state index in [2.05, 4.69) is 5.32 Å². The van der Waals surface area contributed by atoms with Crippen LogP contribution in [-0.2, 0) is 14.4 Å². The van der Waals surface area contributed by atoms with E-state index < -0.39 is 12.0 Å². The number of hydrogen-bond donors (Lipinski definition) is 1. The lowest BCUT2D eigenvalue weighted by Gasteiger charge is -2.32. The lowest BCUT2D eigenvalue weighted by atomic mass is 9.99. The van der Waals surface area contributed by atoms with Gasteiger partial charge in [-0.1, -0.05) is 13.8 Å². The molecule has 1 aromatic carbocycles. The van der Waals surface area contributed by atoms with Crippen LogP contribution < -0.4 is 19.7 Å². The molecule has 0 aliphatic carbocycles. The molecular formula is C23H31N3O5. The van der Waals surface area contributed by atoms with Crippen molar-refractivity contribution in [1.29, 1.82) is 0 Å². The first-order valence-electron chi connectivity index (χ1n) is 11.2. The maximum atomic E-state index is 13.0. The molecule has 4 rings (SSSR count). The number of ether oxygens (including phenoxy) is 2. The van der Waals surface area contributed by atoms with Gasteiger partial charge in [0.15, 0.2) is 11.5 Å². The van der Waals surface area contributed by atoms with Gasteiger partial charge in [-0.3, -0.25) is 14.4 Å². The average Bonchev–Trinajstić information content (AvgIpc) is 3.18. The van der Waals surface area contributed by atoms with Crippen molar-refractivity contribution in [2.75, 3.05) is 37.7 Å². The zero-order valence-electron chi connectivity index (χ0n) is 18.3. The maximum absolute atomic E-state index is 13.0. The van der Waals surface area contributed by atoms with Gasteiger partial charge in [-0.05, 0) is 37.3 Å². The number of carbonyl (C=O) groups is 3. The third-order valence-corrected chi connectivity index (χ3v) is 6.23. The molecule has 0 aromatic heterocycles. The number of nitrogens with one attached hydrogen (secondary N) is 1. The Morgan fingerprint density at radius 1 is 1.06 bits per heavy atom. The first kappa shape index (κ1) is 21.5. The SMILES string of the molecule is CC(C)[C@@H](NC(=O)C1CC(=O)N(c2ccc3c(c2)OCCO3)C1)C(=O)N1CCCCC1. The van der Waals surface area contributed by atoms with Gasteiger partial charge in [0, 0.05) is 37.8 Å². The van der Waals surface area contributed by atoms with Crippen LogP contribution >= 0.6 is 0 Å². The van der Waals surface area contributed by atoms with E-state index in [9.17, 15) is 14.4 Å². The third-order valence-electron chi connectivity index (χ3n) is 6.23. The van der Waals surface area contributed by atoms with Crippen molar-refractivity contribution in [2.45, 2.75) is 45.6 Å². The second-order valence-electron chi connectivity index (χ2n) is 8.85. The number of likely N-dealkylation sites (tertiary alicyclic amines) is 1. The van der Waals surface area contributed by atoms with Crippen LogP contribution in [0.3, 0.4) is 0 Å². The van der Waals surface area contributed by atoms with Crippen molar-refractivity contribution in [1.82, 2.24) is 10.2 Å². The van der Waals surface area contributed by atoms with Gasteiger partial charge in [-0.25, -0.2) is 0 Å². The number of hydrogen-bond acceptors (Lipinski definition) is 5. The van der Waals surface area contributed by atoms with Crippen molar-refractivity contribution in [3.8, 4) is 11.5 Å². The fourth-order valence-corrected chi connectivity index (χ4v) is 4.43. The van der Waals surface area contributed by atoms with Crippen LogP contribution in [0.25, 0.3) is 0 Å². The Labute approximate surface area is 182 Å². The van der Waals surface area contributed by atoms with Crippen LogP contribution in [0, 0.1) is 11.8 Å². The molecule has 168 valence electrons. The quantitative estimate of drug-likeness (QED) is 0.773. The number of anilines is 1. The maximum Gasteiger partial charge on any atom is 0.245 e. The summed E-state index contributed by atoms with van der Waals surface area (Å²) >= 11 is 0. The molecule has 8 heteroatoms. The van der Waals surface area contributed by atoms with Crippen LogP contribution in [0.1, 0.15) is 39.5 Å². The number of nitrogens with zero attached hydrogens (tertiary/aromatic N) is 2. The van der Waals surface area contributed by atoms with E-state index in [0.29, 0.717) is 30.4 Å². The van der Waals surface area contributed by atoms with Gasteiger partial charge in [0.05, 0.1) is 5.92 Å². The molecule has 1 aromatic rings. The summed E-state index contributed by atoms with van der Waals surface area (Å²) < 4.78 is 11.1. The van der Waals surface area contributed by atoms with Crippen LogP contribution in [0.5, 0.6) is 11.5 Å². The van der Waals surface area contributed by atoms with Gasteiger partial charge in [0.2, 0.25) is 17.7 Å². The van der Waals surface area contributed by atoms with E-state index in [0.717, 1.165) is 32.4 Å². The van der Waals surface area contributed by atoms with E-state index >= 15 is 0 Å². The molecule has 2 atom stereocenters. The highest BCUT2D eigenvalue weighted by Crippen LogP contribution is 2.36. The standard InChI is InChI=1S/C23H31N3O5/c1-15(2)21(23(29)25-8-4-3-5-9-25)24-22(28)16-12-20(27)26(14-16)17-6-7-18-19(13-17)31-11-10-30-18/h6-7,13,15-16,21H,3-5,8-12,14H2,1-2H3,(H,24,28)/t16?,21-/m1/s1. The van der Waals surface area contributed by atoms with E-state index in [1.54, 1.807) is 17.0 Å². The normalized spacial score (nSPS) is 21.9. The van der Waals surface area contributed by atoms with Crippen molar-refractivity contribution in [3.05, 3.63) is 18.2 Å². The monoisotopic (exact) mass is 429 g/mol. The molecular weight excluding hydrogens is 398 g/mol. The number of rotatable bonds is 5. The molecule has 3 heterocycles. The topological polar surface area (TPSA) is 88.2 Å². The molecule has 2 fully saturated rings. The number of benzene rings is 1. The molecule has 3 aliphatic heterocycles. The van der Waals surface area contributed by atoms with E-state index in [1.807, 2.05) is 24.8 Å². The zero-order chi connectivity index (χ0) is 22.0. The summed E-state index contributed by atoms with van der Waals surface area (Å²) in [7, 11) is 0. The predicted octanol–water partition coefficient (Wildman–Crippen LogP) is 1.96. The van der Waals surface area contributed by atoms with Crippen LogP contribution in [0.15, 0.2) is 18.2 Å². The highest BCUT2D eigenvalue weighted by Gasteiger charge is 2.38. The van der Waals surface area contributed by atoms with Gasteiger partial charge in [0.1, 0.15) is 19.3 Å². The second-order valence-corrected chi connectivity index (χ2v) is 8.85. The fourth-order valence-electron chi connectivity index (χ4n) is 4.43. The first-order chi connectivity index (χ1) is 14.9. The molecule has 31 heavy (non-hydrogen) atoms. The number of amides is 3. The second kappa shape index (κ2) is 9.16. The van der Waals surface area contributed by atoms with Crippen LogP contribution in [-0.4, -0.2) is 61.5 Å². The predicted molar refractivity (Wildman–Crippen MR) is 115 cm³/mol. The minimum atomic E-state index is -0.566. The summed E-state index contributed by atoms with van der Waals surface area (Å²) in [5, 5.41) is 2.94. The molecule has 8 nitrogen and oxygen atoms in total. The Hall–Kier alpha value is -2.77. The number of carbonyl (C=O) groups excluding carboxylic acids is 3. The van der Waals surface area contributed by atoms with Gasteiger partial charge >= 0.3 is 0 Å². The minimum absolute atomic E-state index is 0.0175. The molecule has 0 spiro atoms. The smallest absolute Gasteiger partial charge is 0.245 e. The molecule has 2 saturated heterocycles. The lowest BCUT2D eigenvalue weighted by Crippen LogP contribution is -2.53. The lowest BCUT2D eigenvalue weighted by molar-refractivity contribution is -0.139. The zero-order valence-corrected chi connectivity index (χ0v) is 18.3. The van der Waals surface area contributed by atoms with Crippen molar-refractivity contribution in [2.24, 2.45) is 11.8 Å². The highest BCUT2D eigenvalue weighted by atomic mass is 16.6. The molecule has 3 amide bonds. The summed E-state index contributed by atoms with van der Waals surface area (Å²) in [6.45, 7) is 6.63. The van der Waals surface area contributed by atoms with Crippen LogP contribution in [0.4, 0.5) is 5.69 Å². The van der Waals surface area contributed by atoms with Gasteiger partial charge in [0.25, 0.3) is 0 Å². The third kappa shape index (κ3) is 4.62. The van der Waals surface area contributed by atoms with Crippen molar-refractivity contribution < 1.29 is 23.9 Å². The summed E-state index contributed by atoms with van der Waals surface area (Å²) in [5.74, 6) is 0.387. The summed E-state index contributed by atoms with van der Waals surface area (Å²) in [6.07, 6.45) is 3.28. The molecule has 0 radical (unpaired) electrons. The Kier molecular flexibility index (Phi) is 6.34. The minimum Gasteiger partial charge on any atom is -0.486 e. The summed E-state index contributed by atoms with van der Waals surface area (Å²) in [6, 6.07) is 4.81. The fraction of sp³-hybridized carbons (Fsp3) is 0.609. The number of piperidine rings is 1. The van der Waals surface area contributed by atoms with Crippen molar-refractivity contribution >= 4 is 23.4 Å². The van der Waals surface area contributed by atoms with Crippen LogP contribution in [0.2, 0.25) is 0 Å². The molecule has 1 unspecified atom stereocenters. The molecule has 3 aliphatic rings. The molecule has 0 bridgehead atoms. The largest absolute Gasteiger partial charge is 0.486 e. The molecule has 0 saturated carbocycles. The summed E-state index contributed by atoms with van der Waals surface area (Å²) in [5.41, 5.74) is 0.689.